The summed E-state index contributed by atoms with van der Waals surface area (Å²) in [4.78, 5) is 0. The maximum absolute atomic E-state index is 3.85. The molecule has 0 aromatic heterocycles. The minimum atomic E-state index is 0.699. The minimum Gasteiger partial charge on any atom is -0.103 e. The molecule has 0 amide bonds. The summed E-state index contributed by atoms with van der Waals surface area (Å²) in [5, 5.41) is 0. The first kappa shape index (κ1) is 9.74. The van der Waals surface area contributed by atoms with Crippen molar-refractivity contribution in [3.05, 3.63) is 12.7 Å². The fraction of sp³-hybridized carbons (Fsp3) is 0.800. The number of hydrogen-bond acceptors (Lipinski definition) is 0. The van der Waals surface area contributed by atoms with Crippen molar-refractivity contribution in [2.45, 2.75) is 34.1 Å². The number of hydrogen-bond donors (Lipinski definition) is 0. The van der Waals surface area contributed by atoms with E-state index < -0.39 is 0 Å². The fourth-order valence-corrected chi connectivity index (χ4v) is 1.43. The second-order valence-corrected chi connectivity index (χ2v) is 3.44. The molecule has 2 unspecified atom stereocenters. The van der Waals surface area contributed by atoms with Gasteiger partial charge in [-0.05, 0) is 17.8 Å². The highest BCUT2D eigenvalue weighted by atomic mass is 14.2. The van der Waals surface area contributed by atoms with E-state index in [2.05, 4.69) is 40.3 Å². The normalized spacial score (nSPS) is 16.9. The van der Waals surface area contributed by atoms with Crippen molar-refractivity contribution in [1.82, 2.24) is 0 Å². The van der Waals surface area contributed by atoms with Gasteiger partial charge in [-0.25, -0.2) is 0 Å². The summed E-state index contributed by atoms with van der Waals surface area (Å²) in [6, 6.07) is 0. The zero-order valence-corrected chi connectivity index (χ0v) is 7.72. The van der Waals surface area contributed by atoms with E-state index >= 15 is 0 Å². The topological polar surface area (TPSA) is 0 Å². The Bertz CT molecular complexity index is 92.2. The molecule has 0 saturated heterocycles. The highest BCUT2D eigenvalue weighted by molar-refractivity contribution is 4.84. The van der Waals surface area contributed by atoms with Crippen LogP contribution in [0.4, 0.5) is 0 Å². The van der Waals surface area contributed by atoms with Gasteiger partial charge in [-0.2, -0.15) is 0 Å². The summed E-state index contributed by atoms with van der Waals surface area (Å²) in [5.74, 6) is 2.23. The fourth-order valence-electron chi connectivity index (χ4n) is 1.43. The summed E-state index contributed by atoms with van der Waals surface area (Å²) < 4.78 is 0. The van der Waals surface area contributed by atoms with Crippen molar-refractivity contribution in [2.24, 2.45) is 17.8 Å². The molecule has 10 heavy (non-hydrogen) atoms. The first-order valence-electron chi connectivity index (χ1n) is 4.26. The molecule has 2 atom stereocenters. The van der Waals surface area contributed by atoms with Crippen LogP contribution in [0.3, 0.4) is 0 Å². The quantitative estimate of drug-likeness (QED) is 0.524. The van der Waals surface area contributed by atoms with Gasteiger partial charge in [0.15, 0.2) is 0 Å². The van der Waals surface area contributed by atoms with E-state index in [4.69, 9.17) is 0 Å². The lowest BCUT2D eigenvalue weighted by molar-refractivity contribution is 0.326. The largest absolute Gasteiger partial charge is 0.103 e. The van der Waals surface area contributed by atoms with Gasteiger partial charge in [0.1, 0.15) is 0 Å². The molecule has 0 rings (SSSR count). The van der Waals surface area contributed by atoms with Gasteiger partial charge in [-0.15, -0.1) is 6.58 Å². The Balaban J connectivity index is 3.92. The van der Waals surface area contributed by atoms with Crippen LogP contribution in [0, 0.1) is 17.8 Å². The monoisotopic (exact) mass is 140 g/mol. The molecule has 0 nitrogen and oxygen atoms in total. The standard InChI is InChI=1S/C10H20/c1-6-9(5)10(7-2)8(3)4/h7-10H,2,6H2,1,3-5H3. The molecular formula is C10H20. The highest BCUT2D eigenvalue weighted by Crippen LogP contribution is 2.23. The average Bonchev–Trinajstić information content (AvgIpc) is 1.88. The van der Waals surface area contributed by atoms with Crippen molar-refractivity contribution in [2.75, 3.05) is 0 Å². The number of allylic oxidation sites excluding steroid dienone is 1. The Morgan fingerprint density at radius 1 is 1.30 bits per heavy atom. The molecule has 0 spiro atoms. The molecule has 0 aliphatic heterocycles. The van der Waals surface area contributed by atoms with Crippen LogP contribution in [0.2, 0.25) is 0 Å². The predicted octanol–water partition coefficient (Wildman–Crippen LogP) is 3.49. The Morgan fingerprint density at radius 2 is 1.80 bits per heavy atom. The smallest absolute Gasteiger partial charge is 0.0187 e. The van der Waals surface area contributed by atoms with E-state index in [9.17, 15) is 0 Å². The first-order chi connectivity index (χ1) is 4.63. The SMILES string of the molecule is C=CC(C(C)C)C(C)CC. The average molecular weight is 140 g/mol. The molecule has 0 N–H and O–H groups in total. The third-order valence-electron chi connectivity index (χ3n) is 2.34. The molecule has 0 aromatic carbocycles. The third-order valence-corrected chi connectivity index (χ3v) is 2.34. The lowest BCUT2D eigenvalue weighted by Gasteiger charge is -2.22. The van der Waals surface area contributed by atoms with Crippen LogP contribution in [0.5, 0.6) is 0 Å². The van der Waals surface area contributed by atoms with Crippen molar-refractivity contribution in [1.29, 1.82) is 0 Å². The Morgan fingerprint density at radius 3 is 1.90 bits per heavy atom. The van der Waals surface area contributed by atoms with E-state index in [0.29, 0.717) is 5.92 Å². The first-order valence-corrected chi connectivity index (χ1v) is 4.26. The van der Waals surface area contributed by atoms with E-state index in [-0.39, 0.29) is 0 Å². The minimum absolute atomic E-state index is 0.699. The molecule has 0 aromatic rings. The molecule has 0 aliphatic rings. The molecule has 0 fully saturated rings. The zero-order chi connectivity index (χ0) is 8.15. The third kappa shape index (κ3) is 2.55. The Kier molecular flexibility index (Phi) is 4.42. The van der Waals surface area contributed by atoms with Crippen molar-refractivity contribution in [3.63, 3.8) is 0 Å². The lowest BCUT2D eigenvalue weighted by Crippen LogP contribution is -2.14. The van der Waals surface area contributed by atoms with E-state index in [1.807, 2.05) is 0 Å². The molecule has 0 heterocycles. The Labute approximate surface area is 65.3 Å². The number of rotatable bonds is 4. The predicted molar refractivity (Wildman–Crippen MR) is 48.0 cm³/mol. The van der Waals surface area contributed by atoms with Crippen molar-refractivity contribution in [3.8, 4) is 0 Å². The van der Waals surface area contributed by atoms with E-state index in [1.54, 1.807) is 0 Å². The van der Waals surface area contributed by atoms with Gasteiger partial charge >= 0.3 is 0 Å². The van der Waals surface area contributed by atoms with Gasteiger partial charge in [-0.3, -0.25) is 0 Å². The van der Waals surface area contributed by atoms with Crippen LogP contribution in [0.1, 0.15) is 34.1 Å². The van der Waals surface area contributed by atoms with Crippen LogP contribution in [-0.2, 0) is 0 Å². The lowest BCUT2D eigenvalue weighted by atomic mass is 9.83. The second kappa shape index (κ2) is 4.54. The molecule has 0 heteroatoms. The maximum atomic E-state index is 3.85. The Hall–Kier alpha value is -0.260. The van der Waals surface area contributed by atoms with E-state index in [1.165, 1.54) is 6.42 Å². The molecule has 0 radical (unpaired) electrons. The van der Waals surface area contributed by atoms with Gasteiger partial charge in [-0.1, -0.05) is 40.2 Å². The van der Waals surface area contributed by atoms with Gasteiger partial charge < -0.3 is 0 Å². The van der Waals surface area contributed by atoms with Gasteiger partial charge in [0.05, 0.1) is 0 Å². The van der Waals surface area contributed by atoms with Crippen LogP contribution >= 0.6 is 0 Å². The van der Waals surface area contributed by atoms with Crippen LogP contribution in [0.15, 0.2) is 12.7 Å². The summed E-state index contributed by atoms with van der Waals surface area (Å²) in [6.07, 6.45) is 3.35. The molecule has 60 valence electrons. The van der Waals surface area contributed by atoms with Gasteiger partial charge in [0.25, 0.3) is 0 Å². The maximum Gasteiger partial charge on any atom is -0.0187 e. The summed E-state index contributed by atoms with van der Waals surface area (Å²) in [6.45, 7) is 12.9. The highest BCUT2D eigenvalue weighted by Gasteiger charge is 2.14. The zero-order valence-electron chi connectivity index (χ0n) is 7.72. The molecule has 0 aliphatic carbocycles. The summed E-state index contributed by atoms with van der Waals surface area (Å²) in [5.41, 5.74) is 0. The van der Waals surface area contributed by atoms with Crippen LogP contribution < -0.4 is 0 Å². The van der Waals surface area contributed by atoms with Gasteiger partial charge in [0, 0.05) is 0 Å². The molecule has 0 saturated carbocycles. The van der Waals surface area contributed by atoms with Gasteiger partial charge in [0.2, 0.25) is 0 Å². The molecular weight excluding hydrogens is 120 g/mol. The molecule has 0 bridgehead atoms. The van der Waals surface area contributed by atoms with Crippen molar-refractivity contribution >= 4 is 0 Å². The van der Waals surface area contributed by atoms with Crippen molar-refractivity contribution < 1.29 is 0 Å². The summed E-state index contributed by atoms with van der Waals surface area (Å²) in [7, 11) is 0. The second-order valence-electron chi connectivity index (χ2n) is 3.44. The van der Waals surface area contributed by atoms with Crippen LogP contribution in [-0.4, -0.2) is 0 Å². The van der Waals surface area contributed by atoms with Crippen LogP contribution in [0.25, 0.3) is 0 Å². The van der Waals surface area contributed by atoms with E-state index in [0.717, 1.165) is 11.8 Å². The summed E-state index contributed by atoms with van der Waals surface area (Å²) >= 11 is 0.